The van der Waals surface area contributed by atoms with E-state index in [2.05, 4.69) is 29.3 Å². The maximum atomic E-state index is 5.35. The lowest BCUT2D eigenvalue weighted by Crippen LogP contribution is -2.32. The van der Waals surface area contributed by atoms with Gasteiger partial charge < -0.3 is 14.8 Å². The van der Waals surface area contributed by atoms with E-state index in [1.165, 1.54) is 12.0 Å². The summed E-state index contributed by atoms with van der Waals surface area (Å²) in [5.41, 5.74) is 1.27. The van der Waals surface area contributed by atoms with E-state index in [4.69, 9.17) is 9.47 Å². The third-order valence-electron chi connectivity index (χ3n) is 3.62. The molecule has 4 nitrogen and oxygen atoms in total. The van der Waals surface area contributed by atoms with Gasteiger partial charge in [0, 0.05) is 25.7 Å². The molecule has 0 spiro atoms. The van der Waals surface area contributed by atoms with E-state index >= 15 is 0 Å². The molecule has 0 bridgehead atoms. The monoisotopic (exact) mass is 264 g/mol. The van der Waals surface area contributed by atoms with Crippen molar-refractivity contribution in [3.63, 3.8) is 0 Å². The van der Waals surface area contributed by atoms with Crippen molar-refractivity contribution in [2.24, 2.45) is 0 Å². The summed E-state index contributed by atoms with van der Waals surface area (Å²) in [4.78, 5) is 2.48. The van der Waals surface area contributed by atoms with Crippen LogP contribution in [0.1, 0.15) is 18.9 Å². The van der Waals surface area contributed by atoms with Gasteiger partial charge in [-0.25, -0.2) is 0 Å². The molecule has 0 amide bonds. The van der Waals surface area contributed by atoms with E-state index in [0.717, 1.165) is 37.7 Å². The van der Waals surface area contributed by atoms with Gasteiger partial charge in [0.05, 0.1) is 14.2 Å². The van der Waals surface area contributed by atoms with Gasteiger partial charge in [-0.3, -0.25) is 4.90 Å². The van der Waals surface area contributed by atoms with Gasteiger partial charge in [-0.15, -0.1) is 0 Å². The van der Waals surface area contributed by atoms with Crippen LogP contribution in [0.4, 0.5) is 0 Å². The zero-order valence-electron chi connectivity index (χ0n) is 12.1. The van der Waals surface area contributed by atoms with Crippen LogP contribution >= 0.6 is 0 Å². The summed E-state index contributed by atoms with van der Waals surface area (Å²) in [6.45, 7) is 6.47. The molecule has 2 rings (SSSR count). The molecular weight excluding hydrogens is 240 g/mol. The van der Waals surface area contributed by atoms with Crippen molar-refractivity contribution in [3.8, 4) is 11.5 Å². The average Bonchev–Trinajstić information content (AvgIpc) is 2.86. The molecule has 1 aromatic rings. The van der Waals surface area contributed by atoms with Crippen LogP contribution < -0.4 is 14.8 Å². The molecule has 1 aliphatic rings. The molecule has 0 aromatic heterocycles. The average molecular weight is 264 g/mol. The quantitative estimate of drug-likeness (QED) is 0.850. The molecule has 1 aromatic carbocycles. The van der Waals surface area contributed by atoms with Crippen molar-refractivity contribution in [3.05, 3.63) is 23.8 Å². The van der Waals surface area contributed by atoms with Crippen LogP contribution in [0.3, 0.4) is 0 Å². The van der Waals surface area contributed by atoms with Crippen molar-refractivity contribution in [2.45, 2.75) is 25.9 Å². The van der Waals surface area contributed by atoms with E-state index in [1.807, 2.05) is 6.07 Å². The van der Waals surface area contributed by atoms with Gasteiger partial charge in [0.25, 0.3) is 0 Å². The fourth-order valence-electron chi connectivity index (χ4n) is 2.67. The summed E-state index contributed by atoms with van der Waals surface area (Å²) in [7, 11) is 3.34. The van der Waals surface area contributed by atoms with Gasteiger partial charge in [-0.1, -0.05) is 13.0 Å². The van der Waals surface area contributed by atoms with Gasteiger partial charge in [0.2, 0.25) is 0 Å². The SMILES string of the molecule is CCNC1CCN(Cc2ccc(OC)c(OC)c2)C1. The Labute approximate surface area is 115 Å². The van der Waals surface area contributed by atoms with Crippen LogP contribution in [0.25, 0.3) is 0 Å². The van der Waals surface area contributed by atoms with Gasteiger partial charge >= 0.3 is 0 Å². The third kappa shape index (κ3) is 3.61. The van der Waals surface area contributed by atoms with E-state index in [9.17, 15) is 0 Å². The number of likely N-dealkylation sites (N-methyl/N-ethyl adjacent to an activating group) is 1. The van der Waals surface area contributed by atoms with Gasteiger partial charge in [-0.05, 0) is 30.7 Å². The van der Waals surface area contributed by atoms with Crippen molar-refractivity contribution < 1.29 is 9.47 Å². The Kier molecular flexibility index (Phi) is 5.05. The molecule has 0 saturated carbocycles. The minimum absolute atomic E-state index is 0.644. The number of ether oxygens (including phenoxy) is 2. The molecule has 1 unspecified atom stereocenters. The molecule has 1 atom stereocenters. The molecule has 1 saturated heterocycles. The first-order valence-electron chi connectivity index (χ1n) is 6.93. The fourth-order valence-corrected chi connectivity index (χ4v) is 2.67. The summed E-state index contributed by atoms with van der Waals surface area (Å²) in [5.74, 6) is 1.60. The van der Waals surface area contributed by atoms with E-state index in [0.29, 0.717) is 6.04 Å². The maximum Gasteiger partial charge on any atom is 0.161 e. The van der Waals surface area contributed by atoms with Crippen molar-refractivity contribution >= 4 is 0 Å². The number of hydrogen-bond donors (Lipinski definition) is 1. The molecule has 1 fully saturated rings. The standard InChI is InChI=1S/C15H24N2O2/c1-4-16-13-7-8-17(11-13)10-12-5-6-14(18-2)15(9-12)19-3/h5-6,9,13,16H,4,7-8,10-11H2,1-3H3. The highest BCUT2D eigenvalue weighted by Crippen LogP contribution is 2.28. The zero-order valence-corrected chi connectivity index (χ0v) is 12.1. The number of hydrogen-bond acceptors (Lipinski definition) is 4. The highest BCUT2D eigenvalue weighted by Gasteiger charge is 2.21. The van der Waals surface area contributed by atoms with Crippen LogP contribution in [0.15, 0.2) is 18.2 Å². The molecule has 106 valence electrons. The number of benzene rings is 1. The van der Waals surface area contributed by atoms with E-state index in [-0.39, 0.29) is 0 Å². The Morgan fingerprint density at radius 3 is 2.74 bits per heavy atom. The van der Waals surface area contributed by atoms with Crippen LogP contribution in [0, 0.1) is 0 Å². The van der Waals surface area contributed by atoms with Crippen molar-refractivity contribution in [1.82, 2.24) is 10.2 Å². The highest BCUT2D eigenvalue weighted by molar-refractivity contribution is 5.42. The first-order chi connectivity index (χ1) is 9.26. The number of methoxy groups -OCH3 is 2. The van der Waals surface area contributed by atoms with Crippen LogP contribution in [-0.2, 0) is 6.54 Å². The third-order valence-corrected chi connectivity index (χ3v) is 3.62. The number of likely N-dealkylation sites (tertiary alicyclic amines) is 1. The molecular formula is C15H24N2O2. The van der Waals surface area contributed by atoms with Crippen LogP contribution in [0.2, 0.25) is 0 Å². The minimum atomic E-state index is 0.644. The van der Waals surface area contributed by atoms with Crippen LogP contribution in [-0.4, -0.2) is 44.8 Å². The lowest BCUT2D eigenvalue weighted by Gasteiger charge is -2.17. The predicted molar refractivity (Wildman–Crippen MR) is 76.9 cm³/mol. The Bertz CT molecular complexity index is 409. The van der Waals surface area contributed by atoms with E-state index in [1.54, 1.807) is 14.2 Å². The Hall–Kier alpha value is -1.26. The lowest BCUT2D eigenvalue weighted by molar-refractivity contribution is 0.318. The lowest BCUT2D eigenvalue weighted by atomic mass is 10.2. The summed E-state index contributed by atoms with van der Waals surface area (Å²) >= 11 is 0. The number of nitrogens with zero attached hydrogens (tertiary/aromatic N) is 1. The van der Waals surface area contributed by atoms with Gasteiger partial charge in [-0.2, -0.15) is 0 Å². The van der Waals surface area contributed by atoms with Crippen LogP contribution in [0.5, 0.6) is 11.5 Å². The van der Waals surface area contributed by atoms with Crippen molar-refractivity contribution in [1.29, 1.82) is 0 Å². The Balaban J connectivity index is 1.96. The van der Waals surface area contributed by atoms with E-state index < -0.39 is 0 Å². The predicted octanol–water partition coefficient (Wildman–Crippen LogP) is 1.89. The first-order valence-corrected chi connectivity index (χ1v) is 6.93. The number of rotatable bonds is 6. The fraction of sp³-hybridized carbons (Fsp3) is 0.600. The Morgan fingerprint density at radius 1 is 1.26 bits per heavy atom. The molecule has 0 radical (unpaired) electrons. The van der Waals surface area contributed by atoms with Gasteiger partial charge in [0.1, 0.15) is 0 Å². The summed E-state index contributed by atoms with van der Waals surface area (Å²) in [5, 5.41) is 3.51. The maximum absolute atomic E-state index is 5.35. The van der Waals surface area contributed by atoms with Gasteiger partial charge in [0.15, 0.2) is 11.5 Å². The van der Waals surface area contributed by atoms with Crippen molar-refractivity contribution in [2.75, 3.05) is 33.9 Å². The second-order valence-corrected chi connectivity index (χ2v) is 4.97. The summed E-state index contributed by atoms with van der Waals surface area (Å²) < 4.78 is 10.6. The zero-order chi connectivity index (χ0) is 13.7. The topological polar surface area (TPSA) is 33.7 Å². The molecule has 1 N–H and O–H groups in total. The first kappa shape index (κ1) is 14.2. The molecule has 19 heavy (non-hydrogen) atoms. The normalized spacial score (nSPS) is 19.6. The second kappa shape index (κ2) is 6.78. The molecule has 4 heteroatoms. The second-order valence-electron chi connectivity index (χ2n) is 4.97. The smallest absolute Gasteiger partial charge is 0.161 e. The Morgan fingerprint density at radius 2 is 2.05 bits per heavy atom. The molecule has 1 heterocycles. The molecule has 0 aliphatic carbocycles. The largest absolute Gasteiger partial charge is 0.493 e. The highest BCUT2D eigenvalue weighted by atomic mass is 16.5. The summed E-state index contributed by atoms with van der Waals surface area (Å²) in [6.07, 6.45) is 1.24. The minimum Gasteiger partial charge on any atom is -0.493 e. The summed E-state index contributed by atoms with van der Waals surface area (Å²) in [6, 6.07) is 6.80. The number of nitrogens with one attached hydrogen (secondary N) is 1. The molecule has 1 aliphatic heterocycles.